The maximum Gasteiger partial charge on any atom is 0.162 e. The molecule has 1 aliphatic rings. The Bertz CT molecular complexity index is 1040. The van der Waals surface area contributed by atoms with E-state index in [1.807, 2.05) is 66.7 Å². The van der Waals surface area contributed by atoms with Crippen molar-refractivity contribution >= 4 is 17.4 Å². The molecule has 3 aromatic carbocycles. The second kappa shape index (κ2) is 10.5. The summed E-state index contributed by atoms with van der Waals surface area (Å²) in [6.45, 7) is 1.49. The molecule has 0 saturated carbocycles. The molecule has 3 aromatic rings. The first-order valence-electron chi connectivity index (χ1n) is 11.4. The third-order valence-electron chi connectivity index (χ3n) is 6.69. The first-order valence-corrected chi connectivity index (χ1v) is 11.8. The van der Waals surface area contributed by atoms with Crippen molar-refractivity contribution in [3.8, 4) is 5.75 Å². The van der Waals surface area contributed by atoms with Crippen LogP contribution < -0.4 is 4.74 Å². The zero-order valence-corrected chi connectivity index (χ0v) is 19.7. The normalized spacial score (nSPS) is 16.8. The van der Waals surface area contributed by atoms with Crippen molar-refractivity contribution in [2.75, 3.05) is 20.2 Å². The highest BCUT2D eigenvalue weighted by atomic mass is 35.5. The molecule has 1 aliphatic heterocycles. The number of likely N-dealkylation sites (tertiary alicyclic amines) is 1. The Kier molecular flexibility index (Phi) is 7.49. The molecule has 5 heteroatoms. The van der Waals surface area contributed by atoms with Crippen LogP contribution in [0.3, 0.4) is 0 Å². The molecule has 33 heavy (non-hydrogen) atoms. The maximum atomic E-state index is 12.8. The largest absolute Gasteiger partial charge is 0.497 e. The van der Waals surface area contributed by atoms with Crippen LogP contribution in [-0.2, 0) is 5.60 Å². The van der Waals surface area contributed by atoms with Gasteiger partial charge in [0.15, 0.2) is 5.78 Å². The summed E-state index contributed by atoms with van der Waals surface area (Å²) in [5.41, 5.74) is 1.97. The fourth-order valence-electron chi connectivity index (χ4n) is 4.68. The Morgan fingerprint density at radius 3 is 2.24 bits per heavy atom. The lowest BCUT2D eigenvalue weighted by atomic mass is 9.83. The highest BCUT2D eigenvalue weighted by Gasteiger charge is 2.36. The Morgan fingerprint density at radius 2 is 1.64 bits per heavy atom. The molecule has 1 unspecified atom stereocenters. The number of hydrogen-bond donors (Lipinski definition) is 1. The number of rotatable bonds is 8. The molecule has 4 nitrogen and oxygen atoms in total. The third-order valence-corrected chi connectivity index (χ3v) is 6.94. The number of Topliss-reactive ketones (excluding diaryl/α,β-unsaturated/α-hetero) is 1. The van der Waals surface area contributed by atoms with Gasteiger partial charge in [-0.15, -0.1) is 0 Å². The SMILES string of the molecule is COc1ccc(C(CCC(=O)c2ccccc2)N2CCC(O)(c3ccc(Cl)cc3)CC2)cc1. The molecule has 0 aromatic heterocycles. The van der Waals surface area contributed by atoms with E-state index >= 15 is 0 Å². The van der Waals surface area contributed by atoms with Crippen molar-refractivity contribution < 1.29 is 14.6 Å². The minimum Gasteiger partial charge on any atom is -0.497 e. The van der Waals surface area contributed by atoms with Crippen molar-refractivity contribution in [2.24, 2.45) is 0 Å². The number of piperidine rings is 1. The van der Waals surface area contributed by atoms with Gasteiger partial charge in [0.1, 0.15) is 5.75 Å². The van der Waals surface area contributed by atoms with Gasteiger partial charge in [0.25, 0.3) is 0 Å². The zero-order chi connectivity index (χ0) is 23.3. The molecule has 172 valence electrons. The Labute approximate surface area is 200 Å². The van der Waals surface area contributed by atoms with Gasteiger partial charge in [0, 0.05) is 36.1 Å². The standard InChI is InChI=1S/C28H30ClNO3/c1-33-25-13-7-21(8-14-25)26(15-16-27(31)22-5-3-2-4-6-22)30-19-17-28(32,18-20-30)23-9-11-24(29)12-10-23/h2-14,26,32H,15-20H2,1H3. The average Bonchev–Trinajstić information content (AvgIpc) is 2.86. The lowest BCUT2D eigenvalue weighted by Crippen LogP contribution is -2.44. The van der Waals surface area contributed by atoms with Crippen LogP contribution in [0.15, 0.2) is 78.9 Å². The number of ketones is 1. The van der Waals surface area contributed by atoms with Crippen molar-refractivity contribution in [3.05, 3.63) is 101 Å². The van der Waals surface area contributed by atoms with E-state index in [-0.39, 0.29) is 11.8 Å². The molecule has 1 heterocycles. The van der Waals surface area contributed by atoms with Crippen molar-refractivity contribution in [1.82, 2.24) is 4.90 Å². The van der Waals surface area contributed by atoms with Gasteiger partial charge in [-0.2, -0.15) is 0 Å². The highest BCUT2D eigenvalue weighted by Crippen LogP contribution is 2.38. The Hall–Kier alpha value is -2.66. The molecule has 1 N–H and O–H groups in total. The van der Waals surface area contributed by atoms with E-state index in [4.69, 9.17) is 16.3 Å². The smallest absolute Gasteiger partial charge is 0.162 e. The quantitative estimate of drug-likeness (QED) is 0.414. The summed E-state index contributed by atoms with van der Waals surface area (Å²) < 4.78 is 5.32. The van der Waals surface area contributed by atoms with Crippen LogP contribution in [0.4, 0.5) is 0 Å². The van der Waals surface area contributed by atoms with Crippen molar-refractivity contribution in [3.63, 3.8) is 0 Å². The van der Waals surface area contributed by atoms with Crippen LogP contribution >= 0.6 is 11.6 Å². The van der Waals surface area contributed by atoms with Crippen LogP contribution in [0, 0.1) is 0 Å². The van der Waals surface area contributed by atoms with E-state index in [9.17, 15) is 9.90 Å². The summed E-state index contributed by atoms with van der Waals surface area (Å²) in [6, 6.07) is 25.1. The van der Waals surface area contributed by atoms with Crippen LogP contribution in [0.25, 0.3) is 0 Å². The molecule has 0 bridgehead atoms. The van der Waals surface area contributed by atoms with E-state index in [0.717, 1.165) is 42.0 Å². The zero-order valence-electron chi connectivity index (χ0n) is 18.9. The summed E-state index contributed by atoms with van der Waals surface area (Å²) in [6.07, 6.45) is 2.46. The second-order valence-corrected chi connectivity index (χ2v) is 9.13. The van der Waals surface area contributed by atoms with Gasteiger partial charge in [-0.3, -0.25) is 9.69 Å². The number of hydrogen-bond acceptors (Lipinski definition) is 4. The van der Waals surface area contributed by atoms with E-state index in [2.05, 4.69) is 17.0 Å². The highest BCUT2D eigenvalue weighted by molar-refractivity contribution is 6.30. The average molecular weight is 464 g/mol. The fourth-order valence-corrected chi connectivity index (χ4v) is 4.80. The molecule has 0 spiro atoms. The number of nitrogens with zero attached hydrogens (tertiary/aromatic N) is 1. The van der Waals surface area contributed by atoms with Gasteiger partial charge in [0.05, 0.1) is 12.7 Å². The first kappa shape index (κ1) is 23.5. The van der Waals surface area contributed by atoms with Crippen molar-refractivity contribution in [1.29, 1.82) is 0 Å². The van der Waals surface area contributed by atoms with Crippen LogP contribution in [0.2, 0.25) is 5.02 Å². The number of benzene rings is 3. The molecule has 0 aliphatic carbocycles. The molecule has 0 radical (unpaired) electrons. The number of carbonyl (C=O) groups excluding carboxylic acids is 1. The number of methoxy groups -OCH3 is 1. The van der Waals surface area contributed by atoms with Gasteiger partial charge in [-0.1, -0.05) is 66.2 Å². The van der Waals surface area contributed by atoms with Gasteiger partial charge in [-0.05, 0) is 54.7 Å². The summed E-state index contributed by atoms with van der Waals surface area (Å²) in [4.78, 5) is 15.2. The van der Waals surface area contributed by atoms with Gasteiger partial charge in [0.2, 0.25) is 0 Å². The lowest BCUT2D eigenvalue weighted by molar-refractivity contribution is -0.0370. The maximum absolute atomic E-state index is 12.8. The van der Waals surface area contributed by atoms with E-state index in [1.165, 1.54) is 0 Å². The van der Waals surface area contributed by atoms with Crippen LogP contribution in [0.1, 0.15) is 53.2 Å². The first-order chi connectivity index (χ1) is 16.0. The second-order valence-electron chi connectivity index (χ2n) is 8.69. The van der Waals surface area contributed by atoms with Gasteiger partial charge < -0.3 is 9.84 Å². The minimum absolute atomic E-state index is 0.0957. The summed E-state index contributed by atoms with van der Waals surface area (Å²) >= 11 is 6.03. The molecule has 1 fully saturated rings. The van der Waals surface area contributed by atoms with E-state index in [0.29, 0.717) is 24.3 Å². The molecule has 1 atom stereocenters. The number of halogens is 1. The molecule has 0 amide bonds. The van der Waals surface area contributed by atoms with Crippen LogP contribution in [-0.4, -0.2) is 36.0 Å². The molecular formula is C28H30ClNO3. The van der Waals surface area contributed by atoms with Crippen molar-refractivity contribution in [2.45, 2.75) is 37.3 Å². The predicted molar refractivity (Wildman–Crippen MR) is 132 cm³/mol. The van der Waals surface area contributed by atoms with Crippen LogP contribution in [0.5, 0.6) is 5.75 Å². The summed E-state index contributed by atoms with van der Waals surface area (Å²) in [7, 11) is 1.66. The summed E-state index contributed by atoms with van der Waals surface area (Å²) in [5.74, 6) is 0.970. The number of carbonyl (C=O) groups is 1. The van der Waals surface area contributed by atoms with Gasteiger partial charge >= 0.3 is 0 Å². The molecule has 1 saturated heterocycles. The van der Waals surface area contributed by atoms with E-state index < -0.39 is 5.60 Å². The molecule has 4 rings (SSSR count). The summed E-state index contributed by atoms with van der Waals surface area (Å²) in [5, 5.41) is 12.0. The minimum atomic E-state index is -0.856. The lowest BCUT2D eigenvalue weighted by Gasteiger charge is -2.42. The topological polar surface area (TPSA) is 49.8 Å². The third kappa shape index (κ3) is 5.64. The fraction of sp³-hybridized carbons (Fsp3) is 0.321. The number of ether oxygens (including phenoxy) is 1. The van der Waals surface area contributed by atoms with E-state index in [1.54, 1.807) is 7.11 Å². The number of aliphatic hydroxyl groups is 1. The van der Waals surface area contributed by atoms with Gasteiger partial charge in [-0.25, -0.2) is 0 Å². The monoisotopic (exact) mass is 463 g/mol. The Balaban J connectivity index is 1.49. The Morgan fingerprint density at radius 1 is 1.00 bits per heavy atom. The predicted octanol–water partition coefficient (Wildman–Crippen LogP) is 6.04. The molecular weight excluding hydrogens is 434 g/mol.